The molecule has 0 radical (unpaired) electrons. The fourth-order valence-electron chi connectivity index (χ4n) is 1.94. The number of benzene rings is 1. The zero-order valence-electron chi connectivity index (χ0n) is 8.31. The van der Waals surface area contributed by atoms with Crippen molar-refractivity contribution in [2.24, 2.45) is 0 Å². The van der Waals surface area contributed by atoms with E-state index in [-0.39, 0.29) is 11.9 Å². The smallest absolute Gasteiger partial charge is 0.130 e. The fraction of sp³-hybridized carbons (Fsp3) is 0.455. The summed E-state index contributed by atoms with van der Waals surface area (Å²) in [6.45, 7) is 2.89. The van der Waals surface area contributed by atoms with Gasteiger partial charge in [0.05, 0.1) is 0 Å². The molecule has 0 aliphatic carbocycles. The van der Waals surface area contributed by atoms with Crippen molar-refractivity contribution in [3.8, 4) is 0 Å². The topological polar surface area (TPSA) is 38.0 Å². The van der Waals surface area contributed by atoms with Gasteiger partial charge in [-0.1, -0.05) is 0 Å². The van der Waals surface area contributed by atoms with Crippen LogP contribution >= 0.6 is 0 Å². The summed E-state index contributed by atoms with van der Waals surface area (Å²) in [7, 11) is 0. The summed E-state index contributed by atoms with van der Waals surface area (Å²) in [5, 5.41) is 3.28. The minimum absolute atomic E-state index is 0.175. The van der Waals surface area contributed by atoms with Crippen LogP contribution in [0.4, 0.5) is 10.1 Å². The van der Waals surface area contributed by atoms with E-state index >= 15 is 0 Å². The summed E-state index contributed by atoms with van der Waals surface area (Å²) in [6.07, 6.45) is 2.13. The number of nitrogens with one attached hydrogen (secondary N) is 1. The number of aryl methyl sites for hydroxylation is 1. The SMILES string of the molecule is Cc1cc([C@H]2CCCN2)c(F)cc1N. The van der Waals surface area contributed by atoms with Crippen molar-refractivity contribution < 1.29 is 4.39 Å². The Hall–Kier alpha value is -1.09. The molecule has 0 unspecified atom stereocenters. The van der Waals surface area contributed by atoms with Gasteiger partial charge in [0.15, 0.2) is 0 Å². The van der Waals surface area contributed by atoms with Crippen LogP contribution in [0.25, 0.3) is 0 Å². The maximum Gasteiger partial charge on any atom is 0.130 e. The van der Waals surface area contributed by atoms with Gasteiger partial charge in [0, 0.05) is 17.3 Å². The normalized spacial score (nSPS) is 21.4. The molecule has 3 N–H and O–H groups in total. The molecular weight excluding hydrogens is 179 g/mol. The lowest BCUT2D eigenvalue weighted by Crippen LogP contribution is -2.14. The lowest BCUT2D eigenvalue weighted by Gasteiger charge is -2.13. The second-order valence-corrected chi connectivity index (χ2v) is 3.88. The van der Waals surface area contributed by atoms with Crippen molar-refractivity contribution in [3.05, 3.63) is 29.1 Å². The molecule has 0 bridgehead atoms. The molecule has 3 heteroatoms. The average Bonchev–Trinajstić information content (AvgIpc) is 2.64. The Kier molecular flexibility index (Phi) is 2.42. The molecule has 1 saturated heterocycles. The molecule has 2 rings (SSSR count). The van der Waals surface area contributed by atoms with Crippen LogP contribution in [-0.2, 0) is 0 Å². The highest BCUT2D eigenvalue weighted by Crippen LogP contribution is 2.28. The Balaban J connectivity index is 2.37. The largest absolute Gasteiger partial charge is 0.398 e. The second kappa shape index (κ2) is 3.58. The van der Waals surface area contributed by atoms with Crippen LogP contribution in [0.1, 0.15) is 30.0 Å². The molecule has 0 aromatic heterocycles. The Morgan fingerprint density at radius 2 is 2.29 bits per heavy atom. The predicted molar refractivity (Wildman–Crippen MR) is 55.5 cm³/mol. The molecule has 2 nitrogen and oxygen atoms in total. The van der Waals surface area contributed by atoms with Crippen LogP contribution in [0.15, 0.2) is 12.1 Å². The molecule has 1 fully saturated rings. The Morgan fingerprint density at radius 1 is 1.50 bits per heavy atom. The van der Waals surface area contributed by atoms with Crippen LogP contribution in [0, 0.1) is 12.7 Å². The molecule has 0 saturated carbocycles. The highest BCUT2D eigenvalue weighted by molar-refractivity contribution is 5.49. The Morgan fingerprint density at radius 3 is 2.93 bits per heavy atom. The van der Waals surface area contributed by atoms with Gasteiger partial charge in [-0.15, -0.1) is 0 Å². The molecular formula is C11H15FN2. The zero-order valence-corrected chi connectivity index (χ0v) is 8.31. The van der Waals surface area contributed by atoms with Gasteiger partial charge in [-0.25, -0.2) is 4.39 Å². The fourth-order valence-corrected chi connectivity index (χ4v) is 1.94. The number of anilines is 1. The van der Waals surface area contributed by atoms with Gasteiger partial charge in [-0.05, 0) is 44.0 Å². The van der Waals surface area contributed by atoms with Crippen molar-refractivity contribution in [1.29, 1.82) is 0 Å². The number of hydrogen-bond donors (Lipinski definition) is 2. The monoisotopic (exact) mass is 194 g/mol. The van der Waals surface area contributed by atoms with E-state index in [4.69, 9.17) is 5.73 Å². The summed E-state index contributed by atoms with van der Waals surface area (Å²) in [6, 6.07) is 3.45. The van der Waals surface area contributed by atoms with E-state index in [1.807, 2.05) is 13.0 Å². The molecule has 1 aliphatic rings. The van der Waals surface area contributed by atoms with Gasteiger partial charge in [-0.2, -0.15) is 0 Å². The van der Waals surface area contributed by atoms with Gasteiger partial charge >= 0.3 is 0 Å². The predicted octanol–water partition coefficient (Wildman–Crippen LogP) is 2.14. The molecule has 0 spiro atoms. The average molecular weight is 194 g/mol. The quantitative estimate of drug-likeness (QED) is 0.672. The third-order valence-electron chi connectivity index (χ3n) is 2.82. The lowest BCUT2D eigenvalue weighted by molar-refractivity contribution is 0.559. The molecule has 1 aromatic carbocycles. The van der Waals surface area contributed by atoms with Crippen LogP contribution in [-0.4, -0.2) is 6.54 Å². The first-order chi connectivity index (χ1) is 6.68. The number of hydrogen-bond acceptors (Lipinski definition) is 2. The van der Waals surface area contributed by atoms with Crippen LogP contribution in [0.5, 0.6) is 0 Å². The van der Waals surface area contributed by atoms with Crippen molar-refractivity contribution >= 4 is 5.69 Å². The van der Waals surface area contributed by atoms with E-state index in [1.54, 1.807) is 0 Å². The molecule has 76 valence electrons. The Bertz CT molecular complexity index is 343. The van der Waals surface area contributed by atoms with Crippen molar-refractivity contribution in [3.63, 3.8) is 0 Å². The van der Waals surface area contributed by atoms with Crippen LogP contribution in [0.2, 0.25) is 0 Å². The minimum Gasteiger partial charge on any atom is -0.398 e. The summed E-state index contributed by atoms with van der Waals surface area (Å²) >= 11 is 0. The van der Waals surface area contributed by atoms with E-state index < -0.39 is 0 Å². The Labute approximate surface area is 83.3 Å². The first-order valence-corrected chi connectivity index (χ1v) is 4.97. The third-order valence-corrected chi connectivity index (χ3v) is 2.82. The van der Waals surface area contributed by atoms with Gasteiger partial charge in [0.25, 0.3) is 0 Å². The summed E-state index contributed by atoms with van der Waals surface area (Å²) < 4.78 is 13.6. The molecule has 1 heterocycles. The first-order valence-electron chi connectivity index (χ1n) is 4.97. The molecule has 1 aromatic rings. The van der Waals surface area contributed by atoms with Crippen LogP contribution < -0.4 is 11.1 Å². The first kappa shape index (κ1) is 9.46. The third kappa shape index (κ3) is 1.60. The van der Waals surface area contributed by atoms with E-state index in [9.17, 15) is 4.39 Å². The maximum atomic E-state index is 13.6. The van der Waals surface area contributed by atoms with Crippen molar-refractivity contribution in [1.82, 2.24) is 5.32 Å². The van der Waals surface area contributed by atoms with E-state index in [0.29, 0.717) is 5.69 Å². The molecule has 14 heavy (non-hydrogen) atoms. The maximum absolute atomic E-state index is 13.6. The van der Waals surface area contributed by atoms with Gasteiger partial charge in [0.1, 0.15) is 5.82 Å². The van der Waals surface area contributed by atoms with Crippen molar-refractivity contribution in [2.45, 2.75) is 25.8 Å². The minimum atomic E-state index is -0.187. The lowest BCUT2D eigenvalue weighted by atomic mass is 10.0. The highest BCUT2D eigenvalue weighted by Gasteiger charge is 2.20. The van der Waals surface area contributed by atoms with Gasteiger partial charge in [-0.3, -0.25) is 0 Å². The number of halogens is 1. The molecule has 0 amide bonds. The highest BCUT2D eigenvalue weighted by atomic mass is 19.1. The molecule has 1 aliphatic heterocycles. The second-order valence-electron chi connectivity index (χ2n) is 3.88. The standard InChI is InChI=1S/C11H15FN2/c1-7-5-8(9(12)6-10(7)13)11-3-2-4-14-11/h5-6,11,14H,2-4,13H2,1H3/t11-/m1/s1. The zero-order chi connectivity index (χ0) is 10.1. The van der Waals surface area contributed by atoms with Gasteiger partial charge in [0.2, 0.25) is 0 Å². The summed E-state index contributed by atoms with van der Waals surface area (Å²) in [5.74, 6) is -0.187. The summed E-state index contributed by atoms with van der Waals surface area (Å²) in [4.78, 5) is 0. The number of rotatable bonds is 1. The van der Waals surface area contributed by atoms with Crippen LogP contribution in [0.3, 0.4) is 0 Å². The molecule has 1 atom stereocenters. The number of nitrogen functional groups attached to an aromatic ring is 1. The van der Waals surface area contributed by atoms with E-state index in [1.165, 1.54) is 6.07 Å². The number of nitrogens with two attached hydrogens (primary N) is 1. The van der Waals surface area contributed by atoms with E-state index in [0.717, 1.165) is 30.5 Å². The van der Waals surface area contributed by atoms with Gasteiger partial charge < -0.3 is 11.1 Å². The van der Waals surface area contributed by atoms with Crippen molar-refractivity contribution in [2.75, 3.05) is 12.3 Å². The van der Waals surface area contributed by atoms with E-state index in [2.05, 4.69) is 5.32 Å². The summed E-state index contributed by atoms with van der Waals surface area (Å²) in [5.41, 5.74) is 7.87.